The number of nitrogens with one attached hydrogen (secondary N) is 2. The fourth-order valence-electron chi connectivity index (χ4n) is 13.2. The third kappa shape index (κ3) is 8.28. The van der Waals surface area contributed by atoms with Crippen molar-refractivity contribution in [2.75, 3.05) is 0 Å². The first-order valence-electron chi connectivity index (χ1n) is 23.0. The molecule has 16 atom stereocenters. The maximum absolute atomic E-state index is 13.5. The fourth-order valence-corrected chi connectivity index (χ4v) is 13.2. The summed E-state index contributed by atoms with van der Waals surface area (Å²) in [5.41, 5.74) is -0.732. The number of hydrogen-bond acceptors (Lipinski definition) is 12. The minimum atomic E-state index is -0.927. The molecule has 4 aliphatic carbocycles. The molecule has 16 nitrogen and oxygen atoms in total. The molecule has 0 bridgehead atoms. The molecule has 0 spiro atoms. The molecule has 2 aromatic rings. The fraction of sp³-hybridized carbons (Fsp3) is 0.822. The van der Waals surface area contributed by atoms with Crippen molar-refractivity contribution in [3.8, 4) is 0 Å². The second kappa shape index (κ2) is 16.9. The van der Waals surface area contributed by atoms with Crippen molar-refractivity contribution in [1.82, 2.24) is 29.9 Å². The number of ether oxygens (including phenoxy) is 4. The molecule has 61 heavy (non-hydrogen) atoms. The van der Waals surface area contributed by atoms with Crippen molar-refractivity contribution in [3.05, 3.63) is 45.0 Å². The zero-order valence-corrected chi connectivity index (χ0v) is 37.0. The van der Waals surface area contributed by atoms with E-state index in [-0.39, 0.29) is 60.4 Å². The van der Waals surface area contributed by atoms with Crippen LogP contribution >= 0.6 is 0 Å². The minimum absolute atomic E-state index is 0.147. The van der Waals surface area contributed by atoms with Crippen LogP contribution in [0, 0.1) is 52.3 Å². The number of carbonyl (C=O) groups excluding carboxylic acids is 2. The number of rotatable bonds is 13. The minimum Gasteiger partial charge on any atom is -0.458 e. The summed E-state index contributed by atoms with van der Waals surface area (Å²) in [6, 6.07) is 0.416. The van der Waals surface area contributed by atoms with Gasteiger partial charge >= 0.3 is 11.7 Å². The van der Waals surface area contributed by atoms with Crippen LogP contribution in [-0.4, -0.2) is 89.0 Å². The van der Waals surface area contributed by atoms with E-state index in [1.165, 1.54) is 29.7 Å². The summed E-state index contributed by atoms with van der Waals surface area (Å²) < 4.78 is 27.1. The molecule has 0 radical (unpaired) electrons. The molecule has 1 amide bonds. The quantitative estimate of drug-likeness (QED) is 0.209. The summed E-state index contributed by atoms with van der Waals surface area (Å²) in [5.74, 6) is 0.848. The Balaban J connectivity index is 0.841. The maximum Gasteiger partial charge on any atom is 0.330 e. The summed E-state index contributed by atoms with van der Waals surface area (Å²) in [6.07, 6.45) is 9.66. The molecule has 4 saturated carbocycles. The van der Waals surface area contributed by atoms with Crippen LogP contribution < -0.4 is 16.6 Å². The Hall–Kier alpha value is -3.44. The van der Waals surface area contributed by atoms with Gasteiger partial charge in [-0.05, 0) is 124 Å². The maximum atomic E-state index is 13.5. The van der Waals surface area contributed by atoms with Gasteiger partial charge in [0, 0.05) is 18.7 Å². The zero-order valence-electron chi connectivity index (χ0n) is 37.0. The number of aliphatic hydroxyl groups is 2. The summed E-state index contributed by atoms with van der Waals surface area (Å²) in [4.78, 5) is 53.6. The van der Waals surface area contributed by atoms with Crippen molar-refractivity contribution in [3.63, 3.8) is 0 Å². The summed E-state index contributed by atoms with van der Waals surface area (Å²) in [6.45, 7) is 14.5. The Morgan fingerprint density at radius 2 is 1.80 bits per heavy atom. The molecule has 6 aliphatic rings. The lowest BCUT2D eigenvalue weighted by Crippen LogP contribution is -2.58. The number of aliphatic hydroxyl groups excluding tert-OH is 2. The number of fused-ring (bicyclic) bond motifs is 6. The topological polar surface area (TPSA) is 209 Å². The molecule has 8 rings (SSSR count). The van der Waals surface area contributed by atoms with E-state index in [4.69, 9.17) is 18.9 Å². The SMILES string of the molecule is CCC(C)[C@H](NC(=O)CCC(C)[C@H]1CCC2C3CCC4C[C@H](O)CC[C@]4(C)C3C[C@H](O)[C@@]21C)C(=O)OCc1cn(CC2OC(n3ccc(=O)[nH]c3=O)[C@@H]3OC(C)(C)O[C@H]23)nn1. The van der Waals surface area contributed by atoms with Gasteiger partial charge in [0.05, 0.1) is 24.9 Å². The Morgan fingerprint density at radius 3 is 2.56 bits per heavy atom. The van der Waals surface area contributed by atoms with Gasteiger partial charge in [-0.2, -0.15) is 0 Å². The lowest BCUT2D eigenvalue weighted by atomic mass is 9.43. The molecule has 4 heterocycles. The van der Waals surface area contributed by atoms with E-state index >= 15 is 0 Å². The molecule has 8 unspecified atom stereocenters. The van der Waals surface area contributed by atoms with Crippen molar-refractivity contribution < 1.29 is 38.7 Å². The van der Waals surface area contributed by atoms with Gasteiger partial charge in [0.1, 0.15) is 36.7 Å². The van der Waals surface area contributed by atoms with E-state index in [0.29, 0.717) is 48.1 Å². The van der Waals surface area contributed by atoms with E-state index in [1.54, 1.807) is 24.7 Å². The molecule has 338 valence electrons. The number of carbonyl (C=O) groups is 2. The lowest BCUT2D eigenvalue weighted by molar-refractivity contribution is -0.198. The second-order valence-corrected chi connectivity index (χ2v) is 20.5. The first-order chi connectivity index (χ1) is 28.9. The van der Waals surface area contributed by atoms with E-state index in [2.05, 4.69) is 41.4 Å². The molecule has 2 saturated heterocycles. The highest BCUT2D eigenvalue weighted by atomic mass is 16.8. The number of hydrogen-bond donors (Lipinski definition) is 4. The van der Waals surface area contributed by atoms with Crippen molar-refractivity contribution in [1.29, 1.82) is 0 Å². The molecule has 16 heteroatoms. The average Bonchev–Trinajstić information content (AvgIpc) is 3.98. The predicted octanol–water partition coefficient (Wildman–Crippen LogP) is 4.23. The van der Waals surface area contributed by atoms with Crippen molar-refractivity contribution in [2.24, 2.45) is 52.3 Å². The highest BCUT2D eigenvalue weighted by molar-refractivity contribution is 5.84. The predicted molar refractivity (Wildman–Crippen MR) is 221 cm³/mol. The van der Waals surface area contributed by atoms with E-state index in [9.17, 15) is 29.4 Å². The zero-order chi connectivity index (χ0) is 43.6. The number of H-pyrrole nitrogens is 1. The van der Waals surface area contributed by atoms with Gasteiger partial charge in [-0.15, -0.1) is 5.10 Å². The third-order valence-corrected chi connectivity index (χ3v) is 16.7. The van der Waals surface area contributed by atoms with Gasteiger partial charge in [-0.1, -0.05) is 46.3 Å². The Bertz CT molecular complexity index is 2030. The van der Waals surface area contributed by atoms with Gasteiger partial charge < -0.3 is 34.5 Å². The summed E-state index contributed by atoms with van der Waals surface area (Å²) >= 11 is 0. The van der Waals surface area contributed by atoms with Gasteiger partial charge in [0.15, 0.2) is 12.0 Å². The molecule has 4 N–H and O–H groups in total. The van der Waals surface area contributed by atoms with Crippen LogP contribution in [0.5, 0.6) is 0 Å². The van der Waals surface area contributed by atoms with Crippen LogP contribution in [0.1, 0.15) is 131 Å². The van der Waals surface area contributed by atoms with E-state index in [0.717, 1.165) is 38.5 Å². The number of nitrogens with zero attached hydrogens (tertiary/aromatic N) is 4. The van der Waals surface area contributed by atoms with Gasteiger partial charge in [-0.3, -0.25) is 19.1 Å². The Kier molecular flexibility index (Phi) is 12.3. The highest BCUT2D eigenvalue weighted by Crippen LogP contribution is 2.68. The Morgan fingerprint density at radius 1 is 1.03 bits per heavy atom. The second-order valence-electron chi connectivity index (χ2n) is 20.5. The summed E-state index contributed by atoms with van der Waals surface area (Å²) in [7, 11) is 0. The number of esters is 1. The molecule has 2 aromatic heterocycles. The third-order valence-electron chi connectivity index (χ3n) is 16.7. The normalized spacial score (nSPS) is 39.0. The van der Waals surface area contributed by atoms with Crippen LogP contribution in [0.3, 0.4) is 0 Å². The molecular formula is C45H68N6O10. The van der Waals surface area contributed by atoms with Crippen LogP contribution in [-0.2, 0) is 41.7 Å². The number of aromatic nitrogens is 5. The monoisotopic (exact) mass is 852 g/mol. The molecular weight excluding hydrogens is 785 g/mol. The molecule has 6 fully saturated rings. The summed E-state index contributed by atoms with van der Waals surface area (Å²) in [5, 5.41) is 33.8. The first kappa shape index (κ1) is 44.2. The van der Waals surface area contributed by atoms with E-state index < -0.39 is 53.6 Å². The smallest absolute Gasteiger partial charge is 0.330 e. The van der Waals surface area contributed by atoms with Crippen molar-refractivity contribution >= 4 is 11.9 Å². The largest absolute Gasteiger partial charge is 0.458 e. The first-order valence-corrected chi connectivity index (χ1v) is 23.0. The molecule has 0 aromatic carbocycles. The number of aromatic amines is 1. The number of amides is 1. The van der Waals surface area contributed by atoms with Gasteiger partial charge in [0.25, 0.3) is 5.56 Å². The van der Waals surface area contributed by atoms with Gasteiger partial charge in [-0.25, -0.2) is 14.3 Å². The van der Waals surface area contributed by atoms with Crippen molar-refractivity contribution in [2.45, 2.75) is 181 Å². The van der Waals surface area contributed by atoms with Crippen LogP contribution in [0.2, 0.25) is 0 Å². The van der Waals surface area contributed by atoms with Crippen LogP contribution in [0.25, 0.3) is 0 Å². The average molecular weight is 853 g/mol. The van der Waals surface area contributed by atoms with Crippen LogP contribution in [0.4, 0.5) is 0 Å². The standard InChI is InChI=1S/C45H68N6O10/c1-8-24(2)37(41(56)58-23-27-21-50(49-48-27)22-33-38-39(61-43(4,5)60-38)40(59-33)51-18-16-36(55)47-42(51)57)46-35(54)14-9-25(3)30-12-13-31-29-11-10-26-19-28(52)15-17-44(26,6)32(29)20-34(53)45(30,31)7/h16,18,21,24-26,28-34,37-40,52-53H,8-15,17,19-20,22-23H2,1-7H3,(H,46,54)(H,47,55,57)/t24?,25?,26?,28-,29?,30-,31?,32?,33?,34+,37+,38-,39-,40?,44+,45-/m1/s1. The van der Waals surface area contributed by atoms with Crippen LogP contribution in [0.15, 0.2) is 28.0 Å². The van der Waals surface area contributed by atoms with E-state index in [1.807, 2.05) is 13.8 Å². The molecule has 2 aliphatic heterocycles. The lowest BCUT2D eigenvalue weighted by Gasteiger charge is -2.62. The highest BCUT2D eigenvalue weighted by Gasteiger charge is 2.64. The van der Waals surface area contributed by atoms with Gasteiger partial charge in [0.2, 0.25) is 5.91 Å². The Labute approximate surface area is 357 Å².